The van der Waals surface area contributed by atoms with Crippen LogP contribution in [0.4, 0.5) is 0 Å². The van der Waals surface area contributed by atoms with Crippen LogP contribution >= 0.6 is 0 Å². The highest BCUT2D eigenvalue weighted by Gasteiger charge is 2.08. The molecule has 0 fully saturated rings. The average Bonchev–Trinajstić information content (AvgIpc) is 2.06. The highest BCUT2D eigenvalue weighted by molar-refractivity contribution is 7.95. The van der Waals surface area contributed by atoms with Crippen LogP contribution in [0.2, 0.25) is 0 Å². The van der Waals surface area contributed by atoms with E-state index in [0.717, 1.165) is 0 Å². The van der Waals surface area contributed by atoms with E-state index in [1.807, 2.05) is 0 Å². The van der Waals surface area contributed by atoms with Gasteiger partial charge in [0, 0.05) is 0 Å². The lowest BCUT2D eigenvalue weighted by Gasteiger charge is -1.94. The van der Waals surface area contributed by atoms with Gasteiger partial charge < -0.3 is 0 Å². The van der Waals surface area contributed by atoms with Gasteiger partial charge in [0.1, 0.15) is 0 Å². The molecule has 1 rings (SSSR count). The lowest BCUT2D eigenvalue weighted by atomic mass is 10.2. The number of nitrogens with zero attached hydrogens (tertiary/aromatic N) is 1. The summed E-state index contributed by atoms with van der Waals surface area (Å²) in [4.78, 5) is 0. The predicted octanol–water partition coefficient (Wildman–Crippen LogP) is 1.08. The average molecular weight is 181 g/mol. The Morgan fingerprint density at radius 2 is 1.83 bits per heavy atom. The standard InChI is InChI=1S/C8H7NO2S/c9-7-12(10,11)6-8-4-2-1-3-5-8/h1-5H,6H2. The normalized spacial score (nSPS) is 10.6. The van der Waals surface area contributed by atoms with Crippen molar-refractivity contribution in [1.29, 1.82) is 5.26 Å². The van der Waals surface area contributed by atoms with Crippen LogP contribution in [0.15, 0.2) is 30.3 Å². The first kappa shape index (κ1) is 8.75. The third-order valence-electron chi connectivity index (χ3n) is 1.34. The van der Waals surface area contributed by atoms with Gasteiger partial charge in [0.2, 0.25) is 9.84 Å². The molecular weight excluding hydrogens is 174 g/mol. The number of hydrogen-bond donors (Lipinski definition) is 0. The molecule has 0 aliphatic carbocycles. The zero-order valence-electron chi connectivity index (χ0n) is 6.27. The maximum atomic E-state index is 10.8. The first-order valence-corrected chi connectivity index (χ1v) is 4.97. The molecule has 1 aromatic rings. The molecular formula is C8H7NO2S. The minimum atomic E-state index is -3.57. The summed E-state index contributed by atoms with van der Waals surface area (Å²) in [6.45, 7) is 0. The zero-order valence-corrected chi connectivity index (χ0v) is 7.08. The molecule has 0 amide bonds. The van der Waals surface area contributed by atoms with Crippen molar-refractivity contribution >= 4 is 9.84 Å². The van der Waals surface area contributed by atoms with Crippen LogP contribution in [0.25, 0.3) is 0 Å². The van der Waals surface area contributed by atoms with Crippen molar-refractivity contribution in [2.45, 2.75) is 5.75 Å². The van der Waals surface area contributed by atoms with Crippen LogP contribution in [0.3, 0.4) is 0 Å². The van der Waals surface area contributed by atoms with Crippen molar-refractivity contribution in [3.05, 3.63) is 35.9 Å². The largest absolute Gasteiger partial charge is 0.245 e. The van der Waals surface area contributed by atoms with E-state index in [2.05, 4.69) is 0 Å². The van der Waals surface area contributed by atoms with Gasteiger partial charge in [-0.1, -0.05) is 30.3 Å². The molecule has 0 N–H and O–H groups in total. The molecule has 0 heterocycles. The van der Waals surface area contributed by atoms with Gasteiger partial charge in [-0.15, -0.1) is 0 Å². The Bertz CT molecular complexity index is 389. The van der Waals surface area contributed by atoms with Gasteiger partial charge >= 0.3 is 0 Å². The van der Waals surface area contributed by atoms with Crippen molar-refractivity contribution in [2.24, 2.45) is 0 Å². The fourth-order valence-corrected chi connectivity index (χ4v) is 1.52. The maximum Gasteiger partial charge on any atom is 0.245 e. The molecule has 0 atom stereocenters. The van der Waals surface area contributed by atoms with Gasteiger partial charge in [0.15, 0.2) is 5.40 Å². The minimum absolute atomic E-state index is 0.204. The lowest BCUT2D eigenvalue weighted by molar-refractivity contribution is 0.605. The first-order valence-electron chi connectivity index (χ1n) is 3.31. The predicted molar refractivity (Wildman–Crippen MR) is 44.7 cm³/mol. The fraction of sp³-hybridized carbons (Fsp3) is 0.125. The summed E-state index contributed by atoms with van der Waals surface area (Å²) in [5.74, 6) is -0.204. The van der Waals surface area contributed by atoms with Gasteiger partial charge in [-0.05, 0) is 5.56 Å². The monoisotopic (exact) mass is 181 g/mol. The summed E-state index contributed by atoms with van der Waals surface area (Å²) in [7, 11) is -3.57. The summed E-state index contributed by atoms with van der Waals surface area (Å²) < 4.78 is 21.6. The van der Waals surface area contributed by atoms with Crippen molar-refractivity contribution in [3.63, 3.8) is 0 Å². The molecule has 0 aliphatic heterocycles. The van der Waals surface area contributed by atoms with E-state index in [1.165, 1.54) is 5.40 Å². The van der Waals surface area contributed by atoms with Gasteiger partial charge in [0.05, 0.1) is 5.75 Å². The van der Waals surface area contributed by atoms with E-state index in [-0.39, 0.29) is 5.75 Å². The van der Waals surface area contributed by atoms with Crippen LogP contribution in [0.5, 0.6) is 0 Å². The maximum absolute atomic E-state index is 10.8. The molecule has 12 heavy (non-hydrogen) atoms. The summed E-state index contributed by atoms with van der Waals surface area (Å²) >= 11 is 0. The molecule has 0 unspecified atom stereocenters. The highest BCUT2D eigenvalue weighted by atomic mass is 32.2. The molecule has 0 saturated heterocycles. The van der Waals surface area contributed by atoms with Gasteiger partial charge in [-0.25, -0.2) is 8.42 Å². The van der Waals surface area contributed by atoms with Crippen LogP contribution in [0.1, 0.15) is 5.56 Å². The zero-order chi connectivity index (χ0) is 9.03. The number of thiocyanates is 1. The van der Waals surface area contributed by atoms with E-state index >= 15 is 0 Å². The second-order valence-electron chi connectivity index (χ2n) is 2.34. The Morgan fingerprint density at radius 3 is 2.33 bits per heavy atom. The smallest absolute Gasteiger partial charge is 0.213 e. The van der Waals surface area contributed by atoms with E-state index in [1.54, 1.807) is 30.3 Å². The quantitative estimate of drug-likeness (QED) is 0.506. The van der Waals surface area contributed by atoms with Crippen molar-refractivity contribution in [3.8, 4) is 5.40 Å². The summed E-state index contributed by atoms with van der Waals surface area (Å²) in [6, 6.07) is 8.62. The fourth-order valence-electron chi connectivity index (χ4n) is 0.826. The van der Waals surface area contributed by atoms with E-state index < -0.39 is 9.84 Å². The first-order chi connectivity index (χ1) is 5.64. The van der Waals surface area contributed by atoms with Gasteiger partial charge in [0.25, 0.3) is 0 Å². The van der Waals surface area contributed by atoms with Crippen molar-refractivity contribution < 1.29 is 8.42 Å². The molecule has 0 aliphatic rings. The molecule has 1 aromatic carbocycles. The molecule has 0 saturated carbocycles. The number of benzene rings is 1. The van der Waals surface area contributed by atoms with Gasteiger partial charge in [-0.2, -0.15) is 5.26 Å². The van der Waals surface area contributed by atoms with Gasteiger partial charge in [-0.3, -0.25) is 0 Å². The molecule has 0 aromatic heterocycles. The Labute approximate surface area is 71.2 Å². The van der Waals surface area contributed by atoms with Crippen LogP contribution < -0.4 is 0 Å². The molecule has 62 valence electrons. The minimum Gasteiger partial charge on any atom is -0.213 e. The van der Waals surface area contributed by atoms with Crippen molar-refractivity contribution in [1.82, 2.24) is 0 Å². The Kier molecular flexibility index (Phi) is 2.46. The molecule has 4 heteroatoms. The second kappa shape index (κ2) is 3.37. The van der Waals surface area contributed by atoms with Crippen molar-refractivity contribution in [2.75, 3.05) is 0 Å². The van der Waals surface area contributed by atoms with Crippen LogP contribution in [0, 0.1) is 10.7 Å². The number of rotatable bonds is 2. The Hall–Kier alpha value is -1.34. The number of sulfone groups is 1. The molecule has 0 bridgehead atoms. The van der Waals surface area contributed by atoms with E-state index in [9.17, 15) is 8.42 Å². The molecule has 3 nitrogen and oxygen atoms in total. The number of nitriles is 1. The van der Waals surface area contributed by atoms with E-state index in [0.29, 0.717) is 5.56 Å². The Morgan fingerprint density at radius 1 is 1.25 bits per heavy atom. The molecule has 0 spiro atoms. The second-order valence-corrected chi connectivity index (χ2v) is 4.04. The molecule has 0 radical (unpaired) electrons. The summed E-state index contributed by atoms with van der Waals surface area (Å²) in [5.41, 5.74) is 0.638. The van der Waals surface area contributed by atoms with Crippen LogP contribution in [-0.4, -0.2) is 8.42 Å². The SMILES string of the molecule is N#CS(=O)(=O)Cc1ccccc1. The summed E-state index contributed by atoms with van der Waals surface area (Å²) in [5, 5.41) is 9.48. The topological polar surface area (TPSA) is 57.9 Å². The van der Waals surface area contributed by atoms with Crippen LogP contribution in [-0.2, 0) is 15.6 Å². The third kappa shape index (κ3) is 2.36. The van der Waals surface area contributed by atoms with E-state index in [4.69, 9.17) is 5.26 Å². The Balaban J connectivity index is 2.87. The lowest BCUT2D eigenvalue weighted by Crippen LogP contribution is -1.99. The highest BCUT2D eigenvalue weighted by Crippen LogP contribution is 2.04. The number of hydrogen-bond acceptors (Lipinski definition) is 3. The third-order valence-corrected chi connectivity index (χ3v) is 2.33. The summed E-state index contributed by atoms with van der Waals surface area (Å²) in [6.07, 6.45) is 0.